The maximum absolute atomic E-state index is 12.8. The SMILES string of the molecule is Fc1cccc(CNCCNC(=S)S)c1. The Morgan fingerprint density at radius 2 is 2.20 bits per heavy atom. The van der Waals surface area contributed by atoms with Crippen LogP contribution in [0.4, 0.5) is 4.39 Å². The third-order valence-electron chi connectivity index (χ3n) is 1.80. The first-order chi connectivity index (χ1) is 7.18. The molecule has 2 nitrogen and oxygen atoms in total. The summed E-state index contributed by atoms with van der Waals surface area (Å²) >= 11 is 8.66. The Balaban J connectivity index is 2.17. The van der Waals surface area contributed by atoms with Crippen LogP contribution in [0.3, 0.4) is 0 Å². The number of hydrogen-bond donors (Lipinski definition) is 3. The molecule has 0 spiro atoms. The molecule has 1 aromatic carbocycles. The number of nitrogens with one attached hydrogen (secondary N) is 2. The molecule has 1 rings (SSSR count). The van der Waals surface area contributed by atoms with Gasteiger partial charge in [-0.3, -0.25) is 0 Å². The van der Waals surface area contributed by atoms with E-state index in [4.69, 9.17) is 12.2 Å². The summed E-state index contributed by atoms with van der Waals surface area (Å²) in [5.74, 6) is -0.205. The number of thiocarbonyl (C=S) groups is 1. The number of halogens is 1. The van der Waals surface area contributed by atoms with Crippen LogP contribution >= 0.6 is 24.8 Å². The fourth-order valence-corrected chi connectivity index (χ4v) is 1.35. The summed E-state index contributed by atoms with van der Waals surface area (Å²) in [7, 11) is 0. The van der Waals surface area contributed by atoms with Crippen molar-refractivity contribution >= 4 is 29.2 Å². The van der Waals surface area contributed by atoms with E-state index in [1.54, 1.807) is 6.07 Å². The van der Waals surface area contributed by atoms with Crippen LogP contribution in [0.1, 0.15) is 5.56 Å². The third-order valence-corrected chi connectivity index (χ3v) is 2.10. The number of hydrogen-bond acceptors (Lipinski definition) is 2. The van der Waals surface area contributed by atoms with Crippen molar-refractivity contribution in [1.29, 1.82) is 0 Å². The second-order valence-corrected chi connectivity index (χ2v) is 4.20. The lowest BCUT2D eigenvalue weighted by atomic mass is 10.2. The van der Waals surface area contributed by atoms with E-state index >= 15 is 0 Å². The van der Waals surface area contributed by atoms with Crippen molar-refractivity contribution in [1.82, 2.24) is 10.6 Å². The average Bonchev–Trinajstić information content (AvgIpc) is 2.17. The van der Waals surface area contributed by atoms with Crippen LogP contribution in [0, 0.1) is 5.82 Å². The third kappa shape index (κ3) is 5.71. The Bertz CT molecular complexity index is 331. The molecular weight excluding hydrogens is 231 g/mol. The number of rotatable bonds is 5. The first kappa shape index (κ1) is 12.4. The van der Waals surface area contributed by atoms with Crippen LogP contribution in [0.5, 0.6) is 0 Å². The van der Waals surface area contributed by atoms with Gasteiger partial charge < -0.3 is 10.6 Å². The molecule has 0 fully saturated rings. The topological polar surface area (TPSA) is 24.1 Å². The van der Waals surface area contributed by atoms with Gasteiger partial charge in [0.2, 0.25) is 0 Å². The fraction of sp³-hybridized carbons (Fsp3) is 0.300. The van der Waals surface area contributed by atoms with Gasteiger partial charge in [-0.25, -0.2) is 4.39 Å². The standard InChI is InChI=1S/C10H13FN2S2/c11-9-3-1-2-8(6-9)7-12-4-5-13-10(14)15/h1-3,6,12H,4-5,7H2,(H2,13,14,15). The fourth-order valence-electron chi connectivity index (χ4n) is 1.14. The van der Waals surface area contributed by atoms with Gasteiger partial charge in [0.15, 0.2) is 0 Å². The van der Waals surface area contributed by atoms with Crippen molar-refractivity contribution in [2.24, 2.45) is 0 Å². The molecule has 82 valence electrons. The van der Waals surface area contributed by atoms with Gasteiger partial charge in [0.25, 0.3) is 0 Å². The second-order valence-electron chi connectivity index (χ2n) is 3.04. The monoisotopic (exact) mass is 244 g/mol. The van der Waals surface area contributed by atoms with Crippen molar-refractivity contribution in [2.45, 2.75) is 6.54 Å². The Kier molecular flexibility index (Phi) is 5.60. The van der Waals surface area contributed by atoms with E-state index in [0.29, 0.717) is 10.9 Å². The molecule has 0 amide bonds. The first-order valence-corrected chi connectivity index (χ1v) is 5.46. The van der Waals surface area contributed by atoms with Crippen LogP contribution in [-0.4, -0.2) is 17.4 Å². The minimum absolute atomic E-state index is 0.205. The van der Waals surface area contributed by atoms with E-state index < -0.39 is 0 Å². The van der Waals surface area contributed by atoms with Gasteiger partial charge in [0.1, 0.15) is 10.1 Å². The molecule has 0 aliphatic carbocycles. The molecule has 5 heteroatoms. The van der Waals surface area contributed by atoms with E-state index in [-0.39, 0.29) is 5.82 Å². The van der Waals surface area contributed by atoms with Crippen molar-refractivity contribution in [2.75, 3.05) is 13.1 Å². The van der Waals surface area contributed by atoms with E-state index in [9.17, 15) is 4.39 Å². The van der Waals surface area contributed by atoms with Gasteiger partial charge in [-0.2, -0.15) is 0 Å². The zero-order chi connectivity index (χ0) is 11.1. The van der Waals surface area contributed by atoms with Crippen molar-refractivity contribution in [3.05, 3.63) is 35.6 Å². The maximum Gasteiger partial charge on any atom is 0.130 e. The summed E-state index contributed by atoms with van der Waals surface area (Å²) in [5.41, 5.74) is 0.934. The minimum atomic E-state index is -0.205. The Labute approximate surface area is 99.7 Å². The lowest BCUT2D eigenvalue weighted by molar-refractivity contribution is 0.619. The van der Waals surface area contributed by atoms with Gasteiger partial charge in [0.05, 0.1) is 0 Å². The van der Waals surface area contributed by atoms with Crippen molar-refractivity contribution in [3.63, 3.8) is 0 Å². The summed E-state index contributed by atoms with van der Waals surface area (Å²) in [6, 6.07) is 6.54. The number of benzene rings is 1. The Morgan fingerprint density at radius 1 is 1.40 bits per heavy atom. The maximum atomic E-state index is 12.8. The lowest BCUT2D eigenvalue weighted by Crippen LogP contribution is -2.28. The van der Waals surface area contributed by atoms with Crippen LogP contribution in [-0.2, 0) is 6.54 Å². The molecule has 0 aromatic heterocycles. The largest absolute Gasteiger partial charge is 0.370 e. The van der Waals surface area contributed by atoms with Crippen LogP contribution in [0.15, 0.2) is 24.3 Å². The zero-order valence-electron chi connectivity index (χ0n) is 8.16. The van der Waals surface area contributed by atoms with Crippen LogP contribution < -0.4 is 10.6 Å². The average molecular weight is 244 g/mol. The predicted octanol–water partition coefficient (Wildman–Crippen LogP) is 1.72. The molecule has 0 aliphatic rings. The highest BCUT2D eigenvalue weighted by Crippen LogP contribution is 2.02. The normalized spacial score (nSPS) is 10.0. The highest BCUT2D eigenvalue weighted by molar-refractivity contribution is 8.11. The van der Waals surface area contributed by atoms with Gasteiger partial charge in [0, 0.05) is 19.6 Å². The summed E-state index contributed by atoms with van der Waals surface area (Å²) in [6.07, 6.45) is 0. The summed E-state index contributed by atoms with van der Waals surface area (Å²) in [4.78, 5) is 0. The summed E-state index contributed by atoms with van der Waals surface area (Å²) in [5, 5.41) is 6.06. The molecule has 0 bridgehead atoms. The number of thiol groups is 1. The van der Waals surface area contributed by atoms with Gasteiger partial charge in [-0.15, -0.1) is 12.6 Å². The van der Waals surface area contributed by atoms with Crippen LogP contribution in [0.25, 0.3) is 0 Å². The van der Waals surface area contributed by atoms with Gasteiger partial charge in [-0.05, 0) is 17.7 Å². The molecule has 2 N–H and O–H groups in total. The quantitative estimate of drug-likeness (QED) is 0.418. The molecule has 0 saturated carbocycles. The molecule has 0 radical (unpaired) electrons. The van der Waals surface area contributed by atoms with Crippen LogP contribution in [0.2, 0.25) is 0 Å². The molecular formula is C10H13FN2S2. The zero-order valence-corrected chi connectivity index (χ0v) is 9.88. The smallest absolute Gasteiger partial charge is 0.130 e. The van der Waals surface area contributed by atoms with E-state index in [1.165, 1.54) is 12.1 Å². The Morgan fingerprint density at radius 3 is 2.87 bits per heavy atom. The first-order valence-electron chi connectivity index (χ1n) is 4.60. The molecule has 0 saturated heterocycles. The van der Waals surface area contributed by atoms with E-state index in [1.807, 2.05) is 6.07 Å². The summed E-state index contributed by atoms with van der Waals surface area (Å²) in [6.45, 7) is 2.13. The minimum Gasteiger partial charge on any atom is -0.370 e. The molecule has 0 atom stereocenters. The van der Waals surface area contributed by atoms with E-state index in [0.717, 1.165) is 18.7 Å². The van der Waals surface area contributed by atoms with Gasteiger partial charge in [-0.1, -0.05) is 24.4 Å². The second kappa shape index (κ2) is 6.76. The highest BCUT2D eigenvalue weighted by Gasteiger charge is 1.94. The van der Waals surface area contributed by atoms with Crippen molar-refractivity contribution in [3.8, 4) is 0 Å². The summed E-state index contributed by atoms with van der Waals surface area (Å²) < 4.78 is 13.3. The molecule has 0 heterocycles. The molecule has 1 aromatic rings. The molecule has 15 heavy (non-hydrogen) atoms. The van der Waals surface area contributed by atoms with E-state index in [2.05, 4.69) is 23.3 Å². The highest BCUT2D eigenvalue weighted by atomic mass is 32.1. The molecule has 0 unspecified atom stereocenters. The van der Waals surface area contributed by atoms with Gasteiger partial charge >= 0.3 is 0 Å². The van der Waals surface area contributed by atoms with Crippen molar-refractivity contribution < 1.29 is 4.39 Å². The molecule has 0 aliphatic heterocycles. The predicted molar refractivity (Wildman–Crippen MR) is 67.7 cm³/mol. The lowest BCUT2D eigenvalue weighted by Gasteiger charge is -2.05. The Hall–Kier alpha value is -0.650.